The molecule has 0 bridgehead atoms. The van der Waals surface area contributed by atoms with Crippen molar-refractivity contribution in [1.29, 1.82) is 0 Å². The number of benzene rings is 1. The number of rotatable bonds is 4. The molecule has 2 amide bonds. The molecule has 0 saturated carbocycles. The van der Waals surface area contributed by atoms with Gasteiger partial charge in [-0.1, -0.05) is 43.5 Å². The molecule has 1 fully saturated rings. The van der Waals surface area contributed by atoms with Gasteiger partial charge >= 0.3 is 6.03 Å². The van der Waals surface area contributed by atoms with Gasteiger partial charge in [0.2, 0.25) is 0 Å². The first-order chi connectivity index (χ1) is 10.7. The number of likely N-dealkylation sites (tertiary alicyclic amines) is 1. The van der Waals surface area contributed by atoms with E-state index in [9.17, 15) is 4.79 Å². The largest absolute Gasteiger partial charge is 0.334 e. The summed E-state index contributed by atoms with van der Waals surface area (Å²) in [5, 5.41) is 3.10. The minimum atomic E-state index is 0.0848. The Hall–Kier alpha value is -1.55. The van der Waals surface area contributed by atoms with Gasteiger partial charge in [-0.2, -0.15) is 0 Å². The molecular formula is C18H29N3O. The Kier molecular flexibility index (Phi) is 6.72. The molecule has 0 aromatic heterocycles. The molecular weight excluding hydrogens is 274 g/mol. The Morgan fingerprint density at radius 3 is 2.27 bits per heavy atom. The zero-order valence-corrected chi connectivity index (χ0v) is 14.0. The number of hydrogen-bond acceptors (Lipinski definition) is 2. The van der Waals surface area contributed by atoms with Crippen LogP contribution in [0.2, 0.25) is 0 Å². The number of urea groups is 1. The smallest absolute Gasteiger partial charge is 0.317 e. The molecule has 0 atom stereocenters. The van der Waals surface area contributed by atoms with Crippen molar-refractivity contribution in [2.75, 3.05) is 27.2 Å². The Morgan fingerprint density at radius 1 is 1.05 bits per heavy atom. The third-order valence-electron chi connectivity index (χ3n) is 4.18. The lowest BCUT2D eigenvalue weighted by molar-refractivity contribution is 0.191. The molecule has 4 heteroatoms. The Bertz CT molecular complexity index is 465. The molecule has 1 aliphatic rings. The van der Waals surface area contributed by atoms with Crippen LogP contribution in [0.15, 0.2) is 24.3 Å². The lowest BCUT2D eigenvalue weighted by atomic mass is 10.1. The van der Waals surface area contributed by atoms with Gasteiger partial charge in [0, 0.05) is 26.2 Å². The Balaban J connectivity index is 1.90. The highest BCUT2D eigenvalue weighted by molar-refractivity contribution is 5.74. The zero-order chi connectivity index (χ0) is 15.8. The van der Waals surface area contributed by atoms with Crippen LogP contribution in [0.4, 0.5) is 4.79 Å². The molecule has 1 aromatic carbocycles. The van der Waals surface area contributed by atoms with Crippen LogP contribution >= 0.6 is 0 Å². The third-order valence-corrected chi connectivity index (χ3v) is 4.18. The quantitative estimate of drug-likeness (QED) is 0.927. The topological polar surface area (TPSA) is 35.6 Å². The van der Waals surface area contributed by atoms with Gasteiger partial charge in [-0.05, 0) is 38.1 Å². The van der Waals surface area contributed by atoms with Gasteiger partial charge in [-0.15, -0.1) is 0 Å². The van der Waals surface area contributed by atoms with E-state index in [1.54, 1.807) is 0 Å². The summed E-state index contributed by atoms with van der Waals surface area (Å²) in [6, 6.07) is 8.42. The molecule has 0 aliphatic carbocycles. The molecule has 1 aromatic rings. The Labute approximate surface area is 134 Å². The van der Waals surface area contributed by atoms with Crippen molar-refractivity contribution >= 4 is 6.03 Å². The SMILES string of the molecule is CN(C)Cc1ccccc1CNC(=O)N1CCCCCCC1. The maximum absolute atomic E-state index is 12.4. The molecule has 4 nitrogen and oxygen atoms in total. The van der Waals surface area contributed by atoms with Crippen LogP contribution in [0.5, 0.6) is 0 Å². The molecule has 1 heterocycles. The highest BCUT2D eigenvalue weighted by Crippen LogP contribution is 2.12. The first-order valence-corrected chi connectivity index (χ1v) is 8.41. The summed E-state index contributed by atoms with van der Waals surface area (Å²) < 4.78 is 0. The molecule has 1 aliphatic heterocycles. The summed E-state index contributed by atoms with van der Waals surface area (Å²) in [5.74, 6) is 0. The first kappa shape index (κ1) is 16.8. The fourth-order valence-corrected chi connectivity index (χ4v) is 2.96. The summed E-state index contributed by atoms with van der Waals surface area (Å²) in [4.78, 5) is 16.5. The average molecular weight is 303 g/mol. The number of hydrogen-bond donors (Lipinski definition) is 1. The normalized spacial score (nSPS) is 16.2. The highest BCUT2D eigenvalue weighted by Gasteiger charge is 2.14. The lowest BCUT2D eigenvalue weighted by Crippen LogP contribution is -2.41. The van der Waals surface area contributed by atoms with Gasteiger partial charge in [-0.25, -0.2) is 4.79 Å². The number of carbonyl (C=O) groups excluding carboxylic acids is 1. The lowest BCUT2D eigenvalue weighted by Gasteiger charge is -2.25. The van der Waals surface area contributed by atoms with Gasteiger partial charge < -0.3 is 15.1 Å². The highest BCUT2D eigenvalue weighted by atomic mass is 16.2. The van der Waals surface area contributed by atoms with Crippen molar-refractivity contribution in [3.63, 3.8) is 0 Å². The molecule has 1 N–H and O–H groups in total. The number of amides is 2. The van der Waals surface area contributed by atoms with Crippen LogP contribution in [0.3, 0.4) is 0 Å². The zero-order valence-electron chi connectivity index (χ0n) is 14.0. The average Bonchev–Trinajstić information content (AvgIpc) is 2.45. The molecule has 22 heavy (non-hydrogen) atoms. The van der Waals surface area contributed by atoms with E-state index in [-0.39, 0.29) is 6.03 Å². The van der Waals surface area contributed by atoms with Crippen LogP contribution < -0.4 is 5.32 Å². The van der Waals surface area contributed by atoms with Gasteiger partial charge in [0.05, 0.1) is 0 Å². The summed E-state index contributed by atoms with van der Waals surface area (Å²) in [6.45, 7) is 3.30. The maximum atomic E-state index is 12.4. The first-order valence-electron chi connectivity index (χ1n) is 8.41. The molecule has 0 unspecified atom stereocenters. The second-order valence-electron chi connectivity index (χ2n) is 6.42. The van der Waals surface area contributed by atoms with E-state index in [1.165, 1.54) is 30.4 Å². The van der Waals surface area contributed by atoms with E-state index in [0.717, 1.165) is 32.5 Å². The van der Waals surface area contributed by atoms with Gasteiger partial charge in [0.1, 0.15) is 0 Å². The minimum Gasteiger partial charge on any atom is -0.334 e. The predicted octanol–water partition coefficient (Wildman–Crippen LogP) is 3.22. The number of nitrogens with zero attached hydrogens (tertiary/aromatic N) is 2. The van der Waals surface area contributed by atoms with Crippen LogP contribution in [0.1, 0.15) is 43.2 Å². The van der Waals surface area contributed by atoms with Crippen molar-refractivity contribution in [3.05, 3.63) is 35.4 Å². The number of carbonyl (C=O) groups is 1. The molecule has 0 spiro atoms. The van der Waals surface area contributed by atoms with Crippen LogP contribution in [-0.2, 0) is 13.1 Å². The summed E-state index contributed by atoms with van der Waals surface area (Å²) in [6.07, 6.45) is 6.06. The maximum Gasteiger partial charge on any atom is 0.317 e. The summed E-state index contributed by atoms with van der Waals surface area (Å²) in [5.41, 5.74) is 2.48. The molecule has 1 saturated heterocycles. The van der Waals surface area contributed by atoms with E-state index in [2.05, 4.69) is 42.5 Å². The van der Waals surface area contributed by atoms with E-state index in [0.29, 0.717) is 6.54 Å². The van der Waals surface area contributed by atoms with Crippen LogP contribution in [-0.4, -0.2) is 43.0 Å². The van der Waals surface area contributed by atoms with Gasteiger partial charge in [-0.3, -0.25) is 0 Å². The fraction of sp³-hybridized carbons (Fsp3) is 0.611. The van der Waals surface area contributed by atoms with Crippen molar-refractivity contribution in [2.45, 2.75) is 45.2 Å². The summed E-state index contributed by atoms with van der Waals surface area (Å²) >= 11 is 0. The standard InChI is InChI=1S/C18H29N3O/c1-20(2)15-17-11-7-6-10-16(17)14-19-18(22)21-12-8-4-3-5-9-13-21/h6-7,10-11H,3-5,8-9,12-15H2,1-2H3,(H,19,22). The van der Waals surface area contributed by atoms with Crippen LogP contribution in [0, 0.1) is 0 Å². The summed E-state index contributed by atoms with van der Waals surface area (Å²) in [7, 11) is 4.13. The van der Waals surface area contributed by atoms with Crippen molar-refractivity contribution in [2.24, 2.45) is 0 Å². The second-order valence-corrected chi connectivity index (χ2v) is 6.42. The van der Waals surface area contributed by atoms with E-state index in [4.69, 9.17) is 0 Å². The van der Waals surface area contributed by atoms with Crippen LogP contribution in [0.25, 0.3) is 0 Å². The van der Waals surface area contributed by atoms with Crippen molar-refractivity contribution < 1.29 is 4.79 Å². The third kappa shape index (κ3) is 5.34. The van der Waals surface area contributed by atoms with E-state index < -0.39 is 0 Å². The monoisotopic (exact) mass is 303 g/mol. The van der Waals surface area contributed by atoms with E-state index in [1.807, 2.05) is 11.0 Å². The predicted molar refractivity (Wildman–Crippen MR) is 90.7 cm³/mol. The van der Waals surface area contributed by atoms with Gasteiger partial charge in [0.25, 0.3) is 0 Å². The van der Waals surface area contributed by atoms with Crippen molar-refractivity contribution in [1.82, 2.24) is 15.1 Å². The molecule has 2 rings (SSSR count). The Morgan fingerprint density at radius 2 is 1.64 bits per heavy atom. The minimum absolute atomic E-state index is 0.0848. The fourth-order valence-electron chi connectivity index (χ4n) is 2.96. The van der Waals surface area contributed by atoms with Crippen molar-refractivity contribution in [3.8, 4) is 0 Å². The molecule has 0 radical (unpaired) electrons. The molecule has 122 valence electrons. The van der Waals surface area contributed by atoms with E-state index >= 15 is 0 Å². The second kappa shape index (κ2) is 8.79. The van der Waals surface area contributed by atoms with Gasteiger partial charge in [0.15, 0.2) is 0 Å². The number of nitrogens with one attached hydrogen (secondary N) is 1.